The third kappa shape index (κ3) is 5.41. The molecule has 224 valence electrons. The van der Waals surface area contributed by atoms with E-state index in [1.54, 1.807) is 0 Å². The molecule has 1 saturated heterocycles. The van der Waals surface area contributed by atoms with Crippen molar-refractivity contribution in [2.75, 3.05) is 6.61 Å². The number of aliphatic hydroxyl groups excluding tert-OH is 4. The van der Waals surface area contributed by atoms with Gasteiger partial charge in [-0.3, -0.25) is 0 Å². The zero-order valence-electron chi connectivity index (χ0n) is 25.1. The second-order valence-corrected chi connectivity index (χ2v) is 15.0. The maximum Gasteiger partial charge on any atom is 0.184 e. The molecule has 4 aliphatic carbocycles. The van der Waals surface area contributed by atoms with Gasteiger partial charge in [-0.1, -0.05) is 65.5 Å². The Kier molecular flexibility index (Phi) is 8.95. The van der Waals surface area contributed by atoms with Gasteiger partial charge in [0, 0.05) is 0 Å². The molecule has 0 radical (unpaired) electrons. The lowest BCUT2D eigenvalue weighted by Crippen LogP contribution is -2.60. The van der Waals surface area contributed by atoms with E-state index < -0.39 is 37.3 Å². The van der Waals surface area contributed by atoms with E-state index in [1.165, 1.54) is 56.9 Å². The summed E-state index contributed by atoms with van der Waals surface area (Å²) >= 11 is 0. The third-order valence-electron chi connectivity index (χ3n) is 12.5. The van der Waals surface area contributed by atoms with Crippen LogP contribution in [0.2, 0.25) is 0 Å². The minimum atomic E-state index is -1.36. The summed E-state index contributed by atoms with van der Waals surface area (Å²) in [6, 6.07) is 0. The zero-order chi connectivity index (χ0) is 28.1. The fourth-order valence-electron chi connectivity index (χ4n) is 10.2. The van der Waals surface area contributed by atoms with E-state index in [-0.39, 0.29) is 11.5 Å². The molecule has 6 heteroatoms. The number of fused-ring (bicyclic) bond motifs is 5. The van der Waals surface area contributed by atoms with Gasteiger partial charge in [-0.15, -0.1) is 0 Å². The Morgan fingerprint density at radius 3 is 2.46 bits per heavy atom. The predicted octanol–water partition coefficient (Wildman–Crippen LogP) is 5.21. The topological polar surface area (TPSA) is 99.4 Å². The van der Waals surface area contributed by atoms with Gasteiger partial charge >= 0.3 is 0 Å². The number of aliphatic hydroxyl groups is 4. The fraction of sp³-hybridized carbons (Fsp3) is 0.939. The van der Waals surface area contributed by atoms with Crippen molar-refractivity contribution in [3.05, 3.63) is 11.6 Å². The highest BCUT2D eigenvalue weighted by atomic mass is 16.7. The SMILES string of the molecule is CC(C)CCC[C@@H](C)[C@H]1CC[C@H]2[C@@H]3CC=C4C[C@@H](O[C@@H]5[C@@H](O)[C@H](O)[C@@H](CO)O[C@H]5O)CC[C@]4(C)[C@H]3CC[C@]12C. The van der Waals surface area contributed by atoms with Gasteiger partial charge in [0.1, 0.15) is 24.4 Å². The van der Waals surface area contributed by atoms with Crippen molar-refractivity contribution in [3.8, 4) is 0 Å². The van der Waals surface area contributed by atoms with Gasteiger partial charge in [0.2, 0.25) is 0 Å². The Bertz CT molecular complexity index is 874. The van der Waals surface area contributed by atoms with E-state index in [0.717, 1.165) is 54.8 Å². The number of ether oxygens (including phenoxy) is 2. The Labute approximate surface area is 236 Å². The van der Waals surface area contributed by atoms with Gasteiger partial charge in [-0.25, -0.2) is 0 Å². The number of hydrogen-bond acceptors (Lipinski definition) is 6. The first-order valence-electron chi connectivity index (χ1n) is 16.1. The molecule has 0 aromatic heterocycles. The Morgan fingerprint density at radius 1 is 0.974 bits per heavy atom. The molecule has 5 rings (SSSR count). The van der Waals surface area contributed by atoms with E-state index in [4.69, 9.17) is 9.47 Å². The van der Waals surface area contributed by atoms with E-state index in [0.29, 0.717) is 5.41 Å². The molecule has 0 spiro atoms. The molecule has 39 heavy (non-hydrogen) atoms. The second-order valence-electron chi connectivity index (χ2n) is 15.0. The molecule has 0 bridgehead atoms. The largest absolute Gasteiger partial charge is 0.394 e. The maximum absolute atomic E-state index is 10.6. The molecule has 6 nitrogen and oxygen atoms in total. The molecule has 1 aliphatic heterocycles. The van der Waals surface area contributed by atoms with Crippen LogP contribution < -0.4 is 0 Å². The summed E-state index contributed by atoms with van der Waals surface area (Å²) in [5.74, 6) is 4.85. The summed E-state index contributed by atoms with van der Waals surface area (Å²) in [5, 5.41) is 40.7. The van der Waals surface area contributed by atoms with Crippen molar-refractivity contribution in [2.45, 2.75) is 142 Å². The van der Waals surface area contributed by atoms with Crippen LogP contribution in [0.3, 0.4) is 0 Å². The van der Waals surface area contributed by atoms with Crippen molar-refractivity contribution in [3.63, 3.8) is 0 Å². The molecule has 4 fully saturated rings. The van der Waals surface area contributed by atoms with Gasteiger partial charge < -0.3 is 29.9 Å². The standard InChI is InChI=1S/C33H56O6/c1-19(2)7-6-8-20(3)24-11-12-25-23-10-9-21-17-22(13-15-32(21,4)26(23)14-16-33(24,25)5)38-30-29(36)28(35)27(18-34)39-31(30)37/h9,19-20,22-31,34-37H,6-8,10-18H2,1-5H3/t20-,22+,23+,24-,25+,26+,27-,28-,29+,30-,31-,32+,33-/m1/s1. The first kappa shape index (κ1) is 30.0. The highest BCUT2D eigenvalue weighted by Gasteiger charge is 2.59. The molecule has 1 heterocycles. The smallest absolute Gasteiger partial charge is 0.184 e. The van der Waals surface area contributed by atoms with Crippen molar-refractivity contribution >= 4 is 0 Å². The normalized spacial score (nSPS) is 48.7. The number of rotatable bonds is 8. The summed E-state index contributed by atoms with van der Waals surface area (Å²) in [5.41, 5.74) is 2.18. The van der Waals surface area contributed by atoms with Crippen LogP contribution in [0.4, 0.5) is 0 Å². The molecule has 13 atom stereocenters. The van der Waals surface area contributed by atoms with Crippen LogP contribution in [0.5, 0.6) is 0 Å². The lowest BCUT2D eigenvalue weighted by Gasteiger charge is -2.58. The van der Waals surface area contributed by atoms with Crippen molar-refractivity contribution < 1.29 is 29.9 Å². The van der Waals surface area contributed by atoms with Crippen molar-refractivity contribution in [2.24, 2.45) is 46.3 Å². The first-order chi connectivity index (χ1) is 18.5. The molecule has 0 amide bonds. The molecular weight excluding hydrogens is 492 g/mol. The average Bonchev–Trinajstić information content (AvgIpc) is 3.25. The molecule has 3 saturated carbocycles. The zero-order valence-corrected chi connectivity index (χ0v) is 25.1. The van der Waals surface area contributed by atoms with E-state index >= 15 is 0 Å². The van der Waals surface area contributed by atoms with Gasteiger partial charge in [0.15, 0.2) is 6.29 Å². The van der Waals surface area contributed by atoms with Crippen molar-refractivity contribution in [1.82, 2.24) is 0 Å². The molecule has 0 aromatic carbocycles. The van der Waals surface area contributed by atoms with Crippen LogP contribution in [0.1, 0.15) is 105 Å². The van der Waals surface area contributed by atoms with Gasteiger partial charge in [0.05, 0.1) is 12.7 Å². The van der Waals surface area contributed by atoms with E-state index in [2.05, 4.69) is 40.7 Å². The van der Waals surface area contributed by atoms with Crippen LogP contribution in [-0.2, 0) is 9.47 Å². The summed E-state index contributed by atoms with van der Waals surface area (Å²) in [6.07, 6.45) is 10.0. The van der Waals surface area contributed by atoms with Crippen LogP contribution >= 0.6 is 0 Å². The lowest BCUT2D eigenvalue weighted by atomic mass is 9.47. The van der Waals surface area contributed by atoms with Gasteiger partial charge in [0.25, 0.3) is 0 Å². The first-order valence-corrected chi connectivity index (χ1v) is 16.1. The summed E-state index contributed by atoms with van der Waals surface area (Å²) < 4.78 is 11.5. The lowest BCUT2D eigenvalue weighted by molar-refractivity contribution is -0.304. The van der Waals surface area contributed by atoms with Gasteiger partial charge in [-0.2, -0.15) is 0 Å². The fourth-order valence-corrected chi connectivity index (χ4v) is 10.2. The number of hydrogen-bond donors (Lipinski definition) is 4. The molecule has 4 N–H and O–H groups in total. The minimum Gasteiger partial charge on any atom is -0.394 e. The minimum absolute atomic E-state index is 0.118. The molecule has 0 aromatic rings. The highest BCUT2D eigenvalue weighted by Crippen LogP contribution is 2.67. The Balaban J connectivity index is 1.24. The van der Waals surface area contributed by atoms with Crippen LogP contribution in [-0.4, -0.2) is 63.8 Å². The Hall–Kier alpha value is -0.500. The maximum atomic E-state index is 10.6. The Morgan fingerprint density at radius 2 is 1.74 bits per heavy atom. The van der Waals surface area contributed by atoms with Crippen LogP contribution in [0.25, 0.3) is 0 Å². The highest BCUT2D eigenvalue weighted by molar-refractivity contribution is 5.25. The molecular formula is C33H56O6. The van der Waals surface area contributed by atoms with Gasteiger partial charge in [-0.05, 0) is 97.7 Å². The molecule has 0 unspecified atom stereocenters. The predicted molar refractivity (Wildman–Crippen MR) is 152 cm³/mol. The quantitative estimate of drug-likeness (QED) is 0.311. The monoisotopic (exact) mass is 548 g/mol. The number of allylic oxidation sites excluding steroid dienone is 1. The van der Waals surface area contributed by atoms with Crippen molar-refractivity contribution in [1.29, 1.82) is 0 Å². The van der Waals surface area contributed by atoms with Crippen LogP contribution in [0, 0.1) is 46.3 Å². The second kappa shape index (κ2) is 11.6. The van der Waals surface area contributed by atoms with E-state index in [1.807, 2.05) is 0 Å². The summed E-state index contributed by atoms with van der Waals surface area (Å²) in [4.78, 5) is 0. The average molecular weight is 549 g/mol. The van der Waals surface area contributed by atoms with E-state index in [9.17, 15) is 20.4 Å². The summed E-state index contributed by atoms with van der Waals surface area (Å²) in [6.45, 7) is 11.9. The summed E-state index contributed by atoms with van der Waals surface area (Å²) in [7, 11) is 0. The van der Waals surface area contributed by atoms with Crippen LogP contribution in [0.15, 0.2) is 11.6 Å². The third-order valence-corrected chi connectivity index (χ3v) is 12.5. The molecule has 5 aliphatic rings.